The van der Waals surface area contributed by atoms with Gasteiger partial charge in [-0.25, -0.2) is 0 Å². The summed E-state index contributed by atoms with van der Waals surface area (Å²) >= 11 is 0. The van der Waals surface area contributed by atoms with E-state index in [1.54, 1.807) is 0 Å². The molecule has 1 aromatic carbocycles. The Balaban J connectivity index is 1.94. The lowest BCUT2D eigenvalue weighted by Crippen LogP contribution is -2.40. The largest absolute Gasteiger partial charge is 0.352 e. The first-order valence-corrected chi connectivity index (χ1v) is 8.08. The number of nitrogens with zero attached hydrogens (tertiary/aromatic N) is 3. The molecule has 1 fully saturated rings. The summed E-state index contributed by atoms with van der Waals surface area (Å²) < 4.78 is 0. The molecule has 1 heterocycles. The molecule has 0 amide bonds. The number of hydrogen-bond acceptors (Lipinski definition) is 2. The lowest BCUT2D eigenvalue weighted by atomic mass is 9.93. The fourth-order valence-corrected chi connectivity index (χ4v) is 3.01. The number of aliphatic imine (C=N–C) groups is 1. The summed E-state index contributed by atoms with van der Waals surface area (Å²) in [5, 5.41) is 3.51. The van der Waals surface area contributed by atoms with Crippen molar-refractivity contribution in [3.05, 3.63) is 35.4 Å². The lowest BCUT2D eigenvalue weighted by Gasteiger charge is -2.23. The van der Waals surface area contributed by atoms with Crippen molar-refractivity contribution >= 4 is 5.96 Å². The normalized spacial score (nSPS) is 18.1. The maximum atomic E-state index is 4.44. The minimum atomic E-state index is 0.392. The SMILES string of the molecule is CN=C(NCc1cccc(CN(C)C)c1)N1CCC(C)(C)C1. The van der Waals surface area contributed by atoms with E-state index in [4.69, 9.17) is 0 Å². The van der Waals surface area contributed by atoms with E-state index < -0.39 is 0 Å². The third-order valence-electron chi connectivity index (χ3n) is 4.13. The van der Waals surface area contributed by atoms with Crippen molar-refractivity contribution in [2.75, 3.05) is 34.2 Å². The lowest BCUT2D eigenvalue weighted by molar-refractivity contribution is 0.370. The van der Waals surface area contributed by atoms with Crippen molar-refractivity contribution < 1.29 is 0 Å². The van der Waals surface area contributed by atoms with Gasteiger partial charge in [0, 0.05) is 33.2 Å². The standard InChI is InChI=1S/C18H30N4/c1-18(2)9-10-22(14-18)17(19-3)20-12-15-7-6-8-16(11-15)13-21(4)5/h6-8,11H,9-10,12-14H2,1-5H3,(H,19,20). The Morgan fingerprint density at radius 1 is 1.32 bits per heavy atom. The predicted octanol–water partition coefficient (Wildman–Crippen LogP) is 2.56. The summed E-state index contributed by atoms with van der Waals surface area (Å²) in [6.45, 7) is 8.62. The second-order valence-electron chi connectivity index (χ2n) is 7.29. The molecule has 1 aliphatic heterocycles. The highest BCUT2D eigenvalue weighted by Crippen LogP contribution is 2.28. The van der Waals surface area contributed by atoms with Gasteiger partial charge in [0.2, 0.25) is 0 Å². The van der Waals surface area contributed by atoms with Crippen LogP contribution in [0, 0.1) is 5.41 Å². The van der Waals surface area contributed by atoms with Crippen molar-refractivity contribution in [3.63, 3.8) is 0 Å². The maximum Gasteiger partial charge on any atom is 0.193 e. The summed E-state index contributed by atoms with van der Waals surface area (Å²) in [4.78, 5) is 9.00. The van der Waals surface area contributed by atoms with E-state index in [1.165, 1.54) is 17.5 Å². The zero-order valence-corrected chi connectivity index (χ0v) is 14.7. The Labute approximate surface area is 135 Å². The van der Waals surface area contributed by atoms with E-state index in [1.807, 2.05) is 7.05 Å². The molecule has 1 aromatic rings. The van der Waals surface area contributed by atoms with Crippen LogP contribution in [0.15, 0.2) is 29.3 Å². The van der Waals surface area contributed by atoms with Gasteiger partial charge < -0.3 is 15.1 Å². The molecule has 0 saturated carbocycles. The van der Waals surface area contributed by atoms with Gasteiger partial charge in [-0.2, -0.15) is 0 Å². The summed E-state index contributed by atoms with van der Waals surface area (Å²) in [5.74, 6) is 1.02. The molecule has 122 valence electrons. The van der Waals surface area contributed by atoms with Gasteiger partial charge in [-0.1, -0.05) is 38.1 Å². The first-order valence-electron chi connectivity index (χ1n) is 8.08. The number of nitrogens with one attached hydrogen (secondary N) is 1. The van der Waals surface area contributed by atoms with E-state index in [0.717, 1.165) is 32.1 Å². The van der Waals surface area contributed by atoms with E-state index in [-0.39, 0.29) is 0 Å². The third-order valence-corrected chi connectivity index (χ3v) is 4.13. The van der Waals surface area contributed by atoms with Gasteiger partial charge in [-0.15, -0.1) is 0 Å². The van der Waals surface area contributed by atoms with Crippen LogP contribution in [-0.2, 0) is 13.1 Å². The molecular weight excluding hydrogens is 272 g/mol. The highest BCUT2D eigenvalue weighted by Gasteiger charge is 2.30. The first kappa shape index (κ1) is 16.8. The Bertz CT molecular complexity index is 520. The van der Waals surface area contributed by atoms with Crippen molar-refractivity contribution in [1.82, 2.24) is 15.1 Å². The molecule has 0 atom stereocenters. The minimum absolute atomic E-state index is 0.392. The van der Waals surface area contributed by atoms with E-state index in [9.17, 15) is 0 Å². The quantitative estimate of drug-likeness (QED) is 0.685. The minimum Gasteiger partial charge on any atom is -0.352 e. The van der Waals surface area contributed by atoms with E-state index in [0.29, 0.717) is 5.41 Å². The summed E-state index contributed by atoms with van der Waals surface area (Å²) in [5.41, 5.74) is 3.05. The molecule has 1 N–H and O–H groups in total. The Hall–Kier alpha value is -1.55. The summed E-state index contributed by atoms with van der Waals surface area (Å²) in [7, 11) is 6.07. The van der Waals surface area contributed by atoms with Crippen LogP contribution in [0.3, 0.4) is 0 Å². The van der Waals surface area contributed by atoms with Gasteiger partial charge in [-0.05, 0) is 37.1 Å². The monoisotopic (exact) mass is 302 g/mol. The molecular formula is C18H30N4. The Morgan fingerprint density at radius 3 is 2.64 bits per heavy atom. The molecule has 0 aromatic heterocycles. The number of likely N-dealkylation sites (tertiary alicyclic amines) is 1. The van der Waals surface area contributed by atoms with Crippen molar-refractivity contribution in [3.8, 4) is 0 Å². The zero-order valence-electron chi connectivity index (χ0n) is 14.7. The smallest absolute Gasteiger partial charge is 0.193 e. The Kier molecular flexibility index (Phi) is 5.46. The van der Waals surface area contributed by atoms with Gasteiger partial charge in [-0.3, -0.25) is 4.99 Å². The van der Waals surface area contributed by atoms with Crippen molar-refractivity contribution in [1.29, 1.82) is 0 Å². The topological polar surface area (TPSA) is 30.9 Å². The molecule has 0 spiro atoms. The maximum absolute atomic E-state index is 4.44. The number of benzene rings is 1. The van der Waals surface area contributed by atoms with Crippen LogP contribution in [0.2, 0.25) is 0 Å². The predicted molar refractivity (Wildman–Crippen MR) is 94.0 cm³/mol. The fraction of sp³-hybridized carbons (Fsp3) is 0.611. The zero-order chi connectivity index (χ0) is 16.2. The van der Waals surface area contributed by atoms with Crippen LogP contribution in [0.4, 0.5) is 0 Å². The summed E-state index contributed by atoms with van der Waals surface area (Å²) in [6.07, 6.45) is 1.23. The molecule has 4 heteroatoms. The molecule has 1 saturated heterocycles. The van der Waals surface area contributed by atoms with Crippen molar-refractivity contribution in [2.45, 2.75) is 33.4 Å². The molecule has 1 aliphatic rings. The van der Waals surface area contributed by atoms with Gasteiger partial charge in [0.15, 0.2) is 5.96 Å². The molecule has 0 radical (unpaired) electrons. The van der Waals surface area contributed by atoms with Crippen LogP contribution < -0.4 is 5.32 Å². The van der Waals surface area contributed by atoms with Crippen LogP contribution in [0.5, 0.6) is 0 Å². The van der Waals surface area contributed by atoms with Crippen LogP contribution in [-0.4, -0.2) is 50.0 Å². The number of hydrogen-bond donors (Lipinski definition) is 1. The fourth-order valence-electron chi connectivity index (χ4n) is 3.01. The third kappa shape index (κ3) is 4.73. The van der Waals surface area contributed by atoms with Gasteiger partial charge >= 0.3 is 0 Å². The van der Waals surface area contributed by atoms with Crippen LogP contribution >= 0.6 is 0 Å². The molecule has 0 bridgehead atoms. The second-order valence-corrected chi connectivity index (χ2v) is 7.29. The highest BCUT2D eigenvalue weighted by atomic mass is 15.3. The molecule has 4 nitrogen and oxygen atoms in total. The number of guanidine groups is 1. The van der Waals surface area contributed by atoms with E-state index in [2.05, 4.69) is 72.3 Å². The molecule has 2 rings (SSSR count). The first-order chi connectivity index (χ1) is 10.4. The average molecular weight is 302 g/mol. The van der Waals surface area contributed by atoms with E-state index >= 15 is 0 Å². The van der Waals surface area contributed by atoms with Gasteiger partial charge in [0.05, 0.1) is 0 Å². The van der Waals surface area contributed by atoms with Crippen LogP contribution in [0.25, 0.3) is 0 Å². The molecule has 0 aliphatic carbocycles. The molecule has 22 heavy (non-hydrogen) atoms. The van der Waals surface area contributed by atoms with Gasteiger partial charge in [0.25, 0.3) is 0 Å². The second kappa shape index (κ2) is 7.14. The number of rotatable bonds is 4. The van der Waals surface area contributed by atoms with Crippen LogP contribution in [0.1, 0.15) is 31.4 Å². The highest BCUT2D eigenvalue weighted by molar-refractivity contribution is 5.80. The Morgan fingerprint density at radius 2 is 2.05 bits per heavy atom. The molecule has 0 unspecified atom stereocenters. The average Bonchev–Trinajstić information content (AvgIpc) is 2.79. The van der Waals surface area contributed by atoms with Gasteiger partial charge in [0.1, 0.15) is 0 Å². The summed E-state index contributed by atoms with van der Waals surface area (Å²) in [6, 6.07) is 8.76. The van der Waals surface area contributed by atoms with Crippen molar-refractivity contribution in [2.24, 2.45) is 10.4 Å².